The van der Waals surface area contributed by atoms with Crippen LogP contribution in [0.4, 0.5) is 4.39 Å². The molecule has 1 unspecified atom stereocenters. The maximum atomic E-state index is 13.8. The van der Waals surface area contributed by atoms with Crippen LogP contribution < -0.4 is 4.74 Å². The van der Waals surface area contributed by atoms with Gasteiger partial charge >= 0.3 is 0 Å². The number of pyridine rings is 1. The van der Waals surface area contributed by atoms with Gasteiger partial charge in [0.25, 0.3) is 0 Å². The first-order chi connectivity index (χ1) is 13.2. The Morgan fingerprint density at radius 2 is 2.30 bits per heavy atom. The summed E-state index contributed by atoms with van der Waals surface area (Å²) in [6.45, 7) is 1.29. The van der Waals surface area contributed by atoms with Crippen LogP contribution in [0, 0.1) is 5.82 Å². The van der Waals surface area contributed by atoms with Crippen molar-refractivity contribution in [2.24, 2.45) is 0 Å². The van der Waals surface area contributed by atoms with Crippen LogP contribution in [-0.2, 0) is 11.3 Å². The molecule has 0 bridgehead atoms. The molecular weight excluding hydrogens is 347 g/mol. The standard InChI is InChI=1S/C20H23FN4O2/c21-18-7-4-8-23-20(18)27-13-17-12-24(11-16-10-22-14-25(16)17)19(26)9-15-5-2-1-3-6-15/h4-5,7-8,10,14,17H,1-3,6,9,11-13H2. The molecule has 1 aliphatic carbocycles. The Kier molecular flexibility index (Phi) is 5.18. The molecular formula is C20H23FN4O2. The number of carbonyl (C=O) groups excluding carboxylic acids is 1. The molecule has 1 amide bonds. The number of hydrogen-bond acceptors (Lipinski definition) is 4. The van der Waals surface area contributed by atoms with E-state index in [-0.39, 0.29) is 24.4 Å². The van der Waals surface area contributed by atoms with Crippen molar-refractivity contribution in [3.63, 3.8) is 0 Å². The molecule has 0 saturated carbocycles. The number of nitrogens with zero attached hydrogens (tertiary/aromatic N) is 4. The molecule has 0 radical (unpaired) electrons. The number of hydrogen-bond donors (Lipinski definition) is 0. The summed E-state index contributed by atoms with van der Waals surface area (Å²) in [6, 6.07) is 2.72. The molecule has 1 atom stereocenters. The minimum atomic E-state index is -0.490. The van der Waals surface area contributed by atoms with Crippen molar-refractivity contribution in [1.29, 1.82) is 0 Å². The second-order valence-electron chi connectivity index (χ2n) is 7.11. The van der Waals surface area contributed by atoms with Crippen molar-refractivity contribution < 1.29 is 13.9 Å². The number of fused-ring (bicyclic) bond motifs is 1. The van der Waals surface area contributed by atoms with Gasteiger partial charge in [-0.15, -0.1) is 0 Å². The lowest BCUT2D eigenvalue weighted by Gasteiger charge is -2.34. The average molecular weight is 370 g/mol. The van der Waals surface area contributed by atoms with E-state index in [4.69, 9.17) is 4.74 Å². The molecule has 1 aliphatic heterocycles. The van der Waals surface area contributed by atoms with Gasteiger partial charge in [-0.25, -0.2) is 14.4 Å². The number of aromatic nitrogens is 3. The summed E-state index contributed by atoms with van der Waals surface area (Å²) >= 11 is 0. The van der Waals surface area contributed by atoms with E-state index in [2.05, 4.69) is 16.0 Å². The molecule has 0 aromatic carbocycles. The molecule has 0 spiro atoms. The molecule has 142 valence electrons. The van der Waals surface area contributed by atoms with Gasteiger partial charge < -0.3 is 14.2 Å². The third kappa shape index (κ3) is 4.02. The van der Waals surface area contributed by atoms with E-state index in [1.165, 1.54) is 30.3 Å². The molecule has 0 N–H and O–H groups in total. The van der Waals surface area contributed by atoms with E-state index in [1.54, 1.807) is 12.5 Å². The van der Waals surface area contributed by atoms with Crippen molar-refractivity contribution in [1.82, 2.24) is 19.4 Å². The first-order valence-corrected chi connectivity index (χ1v) is 9.40. The van der Waals surface area contributed by atoms with Crippen molar-refractivity contribution in [2.45, 2.75) is 44.7 Å². The van der Waals surface area contributed by atoms with Crippen molar-refractivity contribution in [3.05, 3.63) is 54.0 Å². The van der Waals surface area contributed by atoms with Crippen molar-refractivity contribution in [2.75, 3.05) is 13.2 Å². The van der Waals surface area contributed by atoms with Gasteiger partial charge in [-0.05, 0) is 37.8 Å². The minimum Gasteiger partial charge on any atom is -0.473 e. The Hall–Kier alpha value is -2.70. The molecule has 4 rings (SSSR count). The quantitative estimate of drug-likeness (QED) is 0.758. The summed E-state index contributed by atoms with van der Waals surface area (Å²) in [5, 5.41) is 0. The van der Waals surface area contributed by atoms with E-state index in [1.807, 2.05) is 9.47 Å². The van der Waals surface area contributed by atoms with Crippen molar-refractivity contribution >= 4 is 5.91 Å². The maximum Gasteiger partial charge on any atom is 0.250 e. The van der Waals surface area contributed by atoms with E-state index >= 15 is 0 Å². The molecule has 3 heterocycles. The number of halogens is 1. The van der Waals surface area contributed by atoms with Gasteiger partial charge in [-0.3, -0.25) is 4.79 Å². The van der Waals surface area contributed by atoms with Crippen molar-refractivity contribution in [3.8, 4) is 5.88 Å². The number of rotatable bonds is 5. The largest absolute Gasteiger partial charge is 0.473 e. The lowest BCUT2D eigenvalue weighted by molar-refractivity contribution is -0.132. The van der Waals surface area contributed by atoms with Gasteiger partial charge in [0.05, 0.1) is 24.6 Å². The highest BCUT2D eigenvalue weighted by Crippen LogP contribution is 2.26. The van der Waals surface area contributed by atoms with Gasteiger partial charge in [0.15, 0.2) is 5.82 Å². The highest BCUT2D eigenvalue weighted by molar-refractivity contribution is 5.79. The fraction of sp³-hybridized carbons (Fsp3) is 0.450. The zero-order chi connectivity index (χ0) is 18.6. The Morgan fingerprint density at radius 1 is 1.37 bits per heavy atom. The van der Waals surface area contributed by atoms with E-state index < -0.39 is 5.82 Å². The van der Waals surface area contributed by atoms with Crippen LogP contribution in [0.1, 0.15) is 43.8 Å². The number of imidazole rings is 1. The average Bonchev–Trinajstić information content (AvgIpc) is 3.17. The third-order valence-corrected chi connectivity index (χ3v) is 5.18. The lowest BCUT2D eigenvalue weighted by atomic mass is 9.96. The maximum absolute atomic E-state index is 13.8. The lowest BCUT2D eigenvalue weighted by Crippen LogP contribution is -2.42. The van der Waals surface area contributed by atoms with Gasteiger partial charge in [-0.1, -0.05) is 11.6 Å². The molecule has 6 nitrogen and oxygen atoms in total. The summed E-state index contributed by atoms with van der Waals surface area (Å²) in [5.74, 6) is -0.379. The summed E-state index contributed by atoms with van der Waals surface area (Å²) in [4.78, 5) is 22.8. The second kappa shape index (κ2) is 7.90. The molecule has 2 aromatic rings. The van der Waals surface area contributed by atoms with Crippen LogP contribution >= 0.6 is 0 Å². The normalized spacial score (nSPS) is 19.4. The van der Waals surface area contributed by atoms with Gasteiger partial charge in [0.2, 0.25) is 11.8 Å². The van der Waals surface area contributed by atoms with E-state index in [0.29, 0.717) is 19.5 Å². The number of carbonyl (C=O) groups is 1. The number of amides is 1. The van der Waals surface area contributed by atoms with Gasteiger partial charge in [0.1, 0.15) is 6.61 Å². The summed E-state index contributed by atoms with van der Waals surface area (Å²) in [6.07, 6.45) is 12.2. The molecule has 0 fully saturated rings. The van der Waals surface area contributed by atoms with E-state index in [0.717, 1.165) is 25.0 Å². The van der Waals surface area contributed by atoms with Crippen LogP contribution in [0.2, 0.25) is 0 Å². The first kappa shape index (κ1) is 17.7. The Morgan fingerprint density at radius 3 is 3.11 bits per heavy atom. The third-order valence-electron chi connectivity index (χ3n) is 5.18. The fourth-order valence-electron chi connectivity index (χ4n) is 3.73. The molecule has 2 aliphatic rings. The smallest absolute Gasteiger partial charge is 0.250 e. The monoisotopic (exact) mass is 370 g/mol. The zero-order valence-corrected chi connectivity index (χ0v) is 15.2. The Bertz CT molecular complexity index is 848. The summed E-state index contributed by atoms with van der Waals surface area (Å²) in [5.41, 5.74) is 2.20. The first-order valence-electron chi connectivity index (χ1n) is 9.40. The number of ether oxygens (including phenoxy) is 1. The van der Waals surface area contributed by atoms with Crippen LogP contribution in [-0.4, -0.2) is 38.5 Å². The minimum absolute atomic E-state index is 0.0185. The molecule has 7 heteroatoms. The predicted octanol–water partition coefficient (Wildman–Crippen LogP) is 3.27. The van der Waals surface area contributed by atoms with Crippen LogP contribution in [0.5, 0.6) is 5.88 Å². The summed E-state index contributed by atoms with van der Waals surface area (Å²) in [7, 11) is 0. The topological polar surface area (TPSA) is 60.2 Å². The Balaban J connectivity index is 1.45. The summed E-state index contributed by atoms with van der Waals surface area (Å²) < 4.78 is 21.4. The van der Waals surface area contributed by atoms with Gasteiger partial charge in [0, 0.05) is 25.4 Å². The SMILES string of the molecule is O=C(CC1=CCCCC1)N1Cc2cncn2C(COc2ncccc2F)C1. The zero-order valence-electron chi connectivity index (χ0n) is 15.2. The number of allylic oxidation sites excluding steroid dienone is 1. The second-order valence-corrected chi connectivity index (χ2v) is 7.11. The van der Waals surface area contributed by atoms with Crippen LogP contribution in [0.15, 0.2) is 42.5 Å². The van der Waals surface area contributed by atoms with Crippen LogP contribution in [0.25, 0.3) is 0 Å². The highest BCUT2D eigenvalue weighted by Gasteiger charge is 2.29. The fourth-order valence-corrected chi connectivity index (χ4v) is 3.73. The molecule has 27 heavy (non-hydrogen) atoms. The predicted molar refractivity (Wildman–Crippen MR) is 97.5 cm³/mol. The Labute approximate surface area is 157 Å². The van der Waals surface area contributed by atoms with Crippen LogP contribution in [0.3, 0.4) is 0 Å². The molecule has 0 saturated heterocycles. The van der Waals surface area contributed by atoms with E-state index in [9.17, 15) is 9.18 Å². The molecule has 2 aromatic heterocycles. The highest BCUT2D eigenvalue weighted by atomic mass is 19.1. The van der Waals surface area contributed by atoms with Gasteiger partial charge in [-0.2, -0.15) is 0 Å².